The molecule has 1 aliphatic rings. The Bertz CT molecular complexity index is 816. The zero-order valence-electron chi connectivity index (χ0n) is 13.7. The summed E-state index contributed by atoms with van der Waals surface area (Å²) in [6, 6.07) is 13.0. The second kappa shape index (κ2) is 6.71. The van der Waals surface area contributed by atoms with E-state index in [1.807, 2.05) is 24.3 Å². The van der Waals surface area contributed by atoms with Gasteiger partial charge in [-0.05, 0) is 42.7 Å². The summed E-state index contributed by atoms with van der Waals surface area (Å²) in [5.74, 6) is 1.03. The molecule has 0 saturated heterocycles. The number of benzene rings is 2. The Morgan fingerprint density at radius 2 is 1.92 bits per heavy atom. The van der Waals surface area contributed by atoms with Crippen LogP contribution in [0.15, 0.2) is 48.2 Å². The van der Waals surface area contributed by atoms with Gasteiger partial charge in [0.2, 0.25) is 5.78 Å². The Labute approximate surface area is 140 Å². The summed E-state index contributed by atoms with van der Waals surface area (Å²) in [4.78, 5) is 23.4. The molecule has 0 fully saturated rings. The zero-order chi connectivity index (χ0) is 17.1. The van der Waals surface area contributed by atoms with Crippen molar-refractivity contribution in [2.75, 3.05) is 6.61 Å². The number of ketones is 2. The quantitative estimate of drug-likeness (QED) is 0.785. The third kappa shape index (κ3) is 3.38. The van der Waals surface area contributed by atoms with Crippen molar-refractivity contribution < 1.29 is 19.1 Å². The first-order valence-electron chi connectivity index (χ1n) is 7.86. The number of carbonyl (C=O) groups is 2. The SMILES string of the molecule is CCc1ccc(C=C2Oc3cc(OCC(C)=O)ccc3C2=O)cc1. The van der Waals surface area contributed by atoms with E-state index in [2.05, 4.69) is 6.92 Å². The summed E-state index contributed by atoms with van der Waals surface area (Å²) < 4.78 is 11.0. The van der Waals surface area contributed by atoms with Crippen LogP contribution in [0.1, 0.15) is 35.3 Å². The number of aryl methyl sites for hydroxylation is 1. The van der Waals surface area contributed by atoms with Crippen LogP contribution in [0, 0.1) is 0 Å². The lowest BCUT2D eigenvalue weighted by Crippen LogP contribution is -2.06. The van der Waals surface area contributed by atoms with E-state index in [-0.39, 0.29) is 23.9 Å². The van der Waals surface area contributed by atoms with Crippen LogP contribution < -0.4 is 9.47 Å². The van der Waals surface area contributed by atoms with Gasteiger partial charge in [-0.25, -0.2) is 0 Å². The molecule has 0 N–H and O–H groups in total. The van der Waals surface area contributed by atoms with Gasteiger partial charge in [0.25, 0.3) is 0 Å². The molecule has 0 radical (unpaired) electrons. The van der Waals surface area contributed by atoms with E-state index < -0.39 is 0 Å². The lowest BCUT2D eigenvalue weighted by atomic mass is 10.1. The number of rotatable bonds is 5. The van der Waals surface area contributed by atoms with Crippen molar-refractivity contribution in [3.05, 3.63) is 64.9 Å². The molecule has 0 saturated carbocycles. The van der Waals surface area contributed by atoms with Gasteiger partial charge in [-0.1, -0.05) is 31.2 Å². The second-order valence-electron chi connectivity index (χ2n) is 5.68. The predicted molar refractivity (Wildman–Crippen MR) is 91.4 cm³/mol. The van der Waals surface area contributed by atoms with E-state index in [1.165, 1.54) is 12.5 Å². The molecule has 2 aromatic rings. The van der Waals surface area contributed by atoms with E-state index >= 15 is 0 Å². The van der Waals surface area contributed by atoms with E-state index in [4.69, 9.17) is 9.47 Å². The van der Waals surface area contributed by atoms with Crippen molar-refractivity contribution in [2.24, 2.45) is 0 Å². The van der Waals surface area contributed by atoms with Crippen molar-refractivity contribution >= 4 is 17.6 Å². The van der Waals surface area contributed by atoms with E-state index in [9.17, 15) is 9.59 Å². The summed E-state index contributed by atoms with van der Waals surface area (Å²) in [7, 11) is 0. The normalized spacial score (nSPS) is 14.4. The Morgan fingerprint density at radius 3 is 2.58 bits per heavy atom. The van der Waals surface area contributed by atoms with Crippen LogP contribution in [-0.2, 0) is 11.2 Å². The molecule has 0 atom stereocenters. The maximum Gasteiger partial charge on any atom is 0.231 e. The summed E-state index contributed by atoms with van der Waals surface area (Å²) >= 11 is 0. The minimum atomic E-state index is -0.150. The number of hydrogen-bond donors (Lipinski definition) is 0. The highest BCUT2D eigenvalue weighted by Gasteiger charge is 2.27. The van der Waals surface area contributed by atoms with Crippen LogP contribution in [0.5, 0.6) is 11.5 Å². The Morgan fingerprint density at radius 1 is 1.17 bits per heavy atom. The topological polar surface area (TPSA) is 52.6 Å². The van der Waals surface area contributed by atoms with Gasteiger partial charge in [0.15, 0.2) is 11.5 Å². The molecular weight excluding hydrogens is 304 g/mol. The van der Waals surface area contributed by atoms with Crippen LogP contribution in [-0.4, -0.2) is 18.2 Å². The monoisotopic (exact) mass is 322 g/mol. The third-order valence-electron chi connectivity index (χ3n) is 3.77. The van der Waals surface area contributed by atoms with Gasteiger partial charge in [0, 0.05) is 6.07 Å². The molecule has 3 rings (SSSR count). The maximum atomic E-state index is 12.4. The molecule has 1 aliphatic heterocycles. The molecular formula is C20H18O4. The van der Waals surface area contributed by atoms with Gasteiger partial charge in [-0.2, -0.15) is 0 Å². The molecule has 122 valence electrons. The molecule has 0 bridgehead atoms. The average Bonchev–Trinajstić information content (AvgIpc) is 2.89. The summed E-state index contributed by atoms with van der Waals surface area (Å²) in [6.07, 6.45) is 2.71. The molecule has 4 nitrogen and oxygen atoms in total. The minimum absolute atomic E-state index is 0.000787. The number of hydrogen-bond acceptors (Lipinski definition) is 4. The average molecular weight is 322 g/mol. The fraction of sp³-hybridized carbons (Fsp3) is 0.200. The van der Waals surface area contributed by atoms with Crippen LogP contribution in [0.4, 0.5) is 0 Å². The van der Waals surface area contributed by atoms with Crippen molar-refractivity contribution in [3.8, 4) is 11.5 Å². The van der Waals surface area contributed by atoms with Crippen LogP contribution in [0.2, 0.25) is 0 Å². The Balaban J connectivity index is 1.81. The number of carbonyl (C=O) groups excluding carboxylic acids is 2. The Kier molecular flexibility index (Phi) is 4.47. The Hall–Kier alpha value is -2.88. The number of fused-ring (bicyclic) bond motifs is 1. The van der Waals surface area contributed by atoms with Crippen LogP contribution in [0.3, 0.4) is 0 Å². The van der Waals surface area contributed by atoms with Gasteiger partial charge in [-0.15, -0.1) is 0 Å². The highest BCUT2D eigenvalue weighted by atomic mass is 16.5. The maximum absolute atomic E-state index is 12.4. The fourth-order valence-corrected chi connectivity index (χ4v) is 2.44. The highest BCUT2D eigenvalue weighted by Crippen LogP contribution is 2.34. The molecule has 0 amide bonds. The van der Waals surface area contributed by atoms with Gasteiger partial charge in [0.05, 0.1) is 5.56 Å². The van der Waals surface area contributed by atoms with Gasteiger partial charge < -0.3 is 9.47 Å². The predicted octanol–water partition coefficient (Wildman–Crippen LogP) is 3.83. The van der Waals surface area contributed by atoms with E-state index in [1.54, 1.807) is 24.3 Å². The second-order valence-corrected chi connectivity index (χ2v) is 5.68. The molecule has 0 unspecified atom stereocenters. The molecule has 0 aromatic heterocycles. The zero-order valence-corrected chi connectivity index (χ0v) is 13.7. The molecule has 4 heteroatoms. The van der Waals surface area contributed by atoms with E-state index in [0.29, 0.717) is 17.1 Å². The standard InChI is InChI=1S/C20H18O4/c1-3-14-4-6-15(7-5-14)10-19-20(22)17-9-8-16(11-18(17)24-19)23-12-13(2)21/h4-11H,3,12H2,1-2H3. The lowest BCUT2D eigenvalue weighted by molar-refractivity contribution is -0.118. The molecule has 1 heterocycles. The first kappa shape index (κ1) is 16.0. The summed E-state index contributed by atoms with van der Waals surface area (Å²) in [5.41, 5.74) is 2.66. The number of ether oxygens (including phenoxy) is 2. The number of allylic oxidation sites excluding steroid dienone is 1. The number of Topliss-reactive ketones (excluding diaryl/α,β-unsaturated/α-hetero) is 2. The van der Waals surface area contributed by atoms with Crippen LogP contribution in [0.25, 0.3) is 6.08 Å². The van der Waals surface area contributed by atoms with Crippen molar-refractivity contribution in [2.45, 2.75) is 20.3 Å². The summed E-state index contributed by atoms with van der Waals surface area (Å²) in [6.45, 7) is 3.55. The molecule has 2 aromatic carbocycles. The molecule has 0 spiro atoms. The largest absolute Gasteiger partial charge is 0.486 e. The first-order valence-corrected chi connectivity index (χ1v) is 7.86. The summed E-state index contributed by atoms with van der Waals surface area (Å²) in [5, 5.41) is 0. The minimum Gasteiger partial charge on any atom is -0.486 e. The molecule has 24 heavy (non-hydrogen) atoms. The van der Waals surface area contributed by atoms with Gasteiger partial charge in [0.1, 0.15) is 18.1 Å². The van der Waals surface area contributed by atoms with Gasteiger partial charge >= 0.3 is 0 Å². The first-order chi connectivity index (χ1) is 11.6. The lowest BCUT2D eigenvalue weighted by Gasteiger charge is -2.05. The van der Waals surface area contributed by atoms with E-state index in [0.717, 1.165) is 12.0 Å². The van der Waals surface area contributed by atoms with Crippen molar-refractivity contribution in [3.63, 3.8) is 0 Å². The van der Waals surface area contributed by atoms with Crippen molar-refractivity contribution in [1.29, 1.82) is 0 Å². The smallest absolute Gasteiger partial charge is 0.231 e. The van der Waals surface area contributed by atoms with Gasteiger partial charge in [-0.3, -0.25) is 9.59 Å². The molecule has 0 aliphatic carbocycles. The van der Waals surface area contributed by atoms with Crippen molar-refractivity contribution in [1.82, 2.24) is 0 Å². The van der Waals surface area contributed by atoms with Crippen LogP contribution >= 0.6 is 0 Å². The third-order valence-corrected chi connectivity index (χ3v) is 3.77. The fourth-order valence-electron chi connectivity index (χ4n) is 2.44. The highest BCUT2D eigenvalue weighted by molar-refractivity contribution is 6.14.